The summed E-state index contributed by atoms with van der Waals surface area (Å²) >= 11 is 0. The average molecular weight is 306 g/mol. The molecule has 2 aliphatic rings. The van der Waals surface area contributed by atoms with Crippen molar-refractivity contribution in [1.29, 1.82) is 0 Å². The molecule has 122 valence electrons. The van der Waals surface area contributed by atoms with Gasteiger partial charge in [-0.1, -0.05) is 0 Å². The lowest BCUT2D eigenvalue weighted by Gasteiger charge is -2.41. The number of rotatable bonds is 3. The van der Waals surface area contributed by atoms with Gasteiger partial charge in [0.25, 0.3) is 0 Å². The topological polar surface area (TPSA) is 50.6 Å². The first kappa shape index (κ1) is 15.5. The van der Waals surface area contributed by atoms with Crippen molar-refractivity contribution in [1.82, 2.24) is 19.4 Å². The van der Waals surface area contributed by atoms with Gasteiger partial charge in [0.2, 0.25) is 5.91 Å². The molecule has 1 aromatic heterocycles. The zero-order valence-electron chi connectivity index (χ0n) is 13.7. The second kappa shape index (κ2) is 6.38. The van der Waals surface area contributed by atoms with Crippen molar-refractivity contribution in [3.05, 3.63) is 18.2 Å². The van der Waals surface area contributed by atoms with E-state index in [1.54, 1.807) is 0 Å². The second-order valence-corrected chi connectivity index (χ2v) is 6.72. The molecule has 3 rings (SSSR count). The first-order chi connectivity index (χ1) is 10.6. The Hall–Kier alpha value is -1.40. The van der Waals surface area contributed by atoms with Gasteiger partial charge in [0.05, 0.1) is 13.2 Å². The third-order valence-corrected chi connectivity index (χ3v) is 4.92. The normalized spacial score (nSPS) is 27.1. The molecule has 0 saturated carbocycles. The Bertz CT molecular complexity index is 528. The van der Waals surface area contributed by atoms with Crippen LogP contribution in [0.15, 0.2) is 12.4 Å². The Morgan fingerprint density at radius 3 is 3.05 bits per heavy atom. The van der Waals surface area contributed by atoms with E-state index in [0.29, 0.717) is 18.6 Å². The number of fused-ring (bicyclic) bond motifs is 1. The zero-order chi connectivity index (χ0) is 15.7. The summed E-state index contributed by atoms with van der Waals surface area (Å²) in [6.07, 6.45) is 4.99. The molecule has 0 unspecified atom stereocenters. The van der Waals surface area contributed by atoms with Crippen molar-refractivity contribution >= 4 is 5.91 Å². The molecule has 2 saturated heterocycles. The molecule has 3 heterocycles. The predicted molar refractivity (Wildman–Crippen MR) is 83.4 cm³/mol. The maximum atomic E-state index is 12.0. The van der Waals surface area contributed by atoms with Gasteiger partial charge in [0.1, 0.15) is 12.4 Å². The van der Waals surface area contributed by atoms with E-state index in [2.05, 4.69) is 28.3 Å². The Kier molecular flexibility index (Phi) is 4.49. The van der Waals surface area contributed by atoms with Gasteiger partial charge in [-0.05, 0) is 26.8 Å². The molecule has 2 fully saturated rings. The number of aromatic nitrogens is 2. The summed E-state index contributed by atoms with van der Waals surface area (Å²) in [6, 6.07) is 0.678. The standard InChI is InChI=1S/C16H26N4O2/c1-12(2)20-7-5-17-15(20)9-19-6-4-13-10-22-11-16(21)18(3)14(13)8-19/h5,7,12-14H,4,6,8-11H2,1-3H3/t13-,14-/m0/s1. The highest BCUT2D eigenvalue weighted by Gasteiger charge is 2.36. The van der Waals surface area contributed by atoms with Crippen LogP contribution in [-0.2, 0) is 16.1 Å². The number of likely N-dealkylation sites (N-methyl/N-ethyl adjacent to an activating group) is 1. The minimum atomic E-state index is 0.0954. The van der Waals surface area contributed by atoms with E-state index in [4.69, 9.17) is 4.74 Å². The highest BCUT2D eigenvalue weighted by Crippen LogP contribution is 2.25. The van der Waals surface area contributed by atoms with E-state index in [-0.39, 0.29) is 18.6 Å². The van der Waals surface area contributed by atoms with Gasteiger partial charge in [0.15, 0.2) is 0 Å². The summed E-state index contributed by atoms with van der Waals surface area (Å²) in [7, 11) is 1.91. The molecule has 0 radical (unpaired) electrons. The van der Waals surface area contributed by atoms with Crippen LogP contribution in [0.3, 0.4) is 0 Å². The van der Waals surface area contributed by atoms with Crippen molar-refractivity contribution in [2.75, 3.05) is 33.4 Å². The molecule has 22 heavy (non-hydrogen) atoms. The van der Waals surface area contributed by atoms with Crippen LogP contribution in [-0.4, -0.2) is 64.7 Å². The Morgan fingerprint density at radius 2 is 2.27 bits per heavy atom. The molecule has 0 aliphatic carbocycles. The van der Waals surface area contributed by atoms with E-state index >= 15 is 0 Å². The molecule has 0 bridgehead atoms. The summed E-state index contributed by atoms with van der Waals surface area (Å²) in [5.41, 5.74) is 0. The van der Waals surface area contributed by atoms with Crippen molar-refractivity contribution < 1.29 is 9.53 Å². The lowest BCUT2D eigenvalue weighted by Crippen LogP contribution is -2.52. The highest BCUT2D eigenvalue weighted by molar-refractivity contribution is 5.77. The van der Waals surface area contributed by atoms with Gasteiger partial charge in [0, 0.05) is 44.0 Å². The number of carbonyl (C=O) groups is 1. The third-order valence-electron chi connectivity index (χ3n) is 4.92. The minimum Gasteiger partial charge on any atom is -0.371 e. The number of piperidine rings is 1. The number of hydrogen-bond donors (Lipinski definition) is 0. The molecule has 0 spiro atoms. The monoisotopic (exact) mass is 306 g/mol. The fourth-order valence-corrected chi connectivity index (χ4v) is 3.54. The first-order valence-electron chi connectivity index (χ1n) is 8.13. The summed E-state index contributed by atoms with van der Waals surface area (Å²) in [4.78, 5) is 20.8. The van der Waals surface area contributed by atoms with Gasteiger partial charge in [-0.3, -0.25) is 9.69 Å². The summed E-state index contributed by atoms with van der Waals surface area (Å²) < 4.78 is 7.73. The van der Waals surface area contributed by atoms with Crippen LogP contribution in [0.1, 0.15) is 32.1 Å². The largest absolute Gasteiger partial charge is 0.371 e. The molecule has 2 atom stereocenters. The predicted octanol–water partition coefficient (Wildman–Crippen LogP) is 1.14. The first-order valence-corrected chi connectivity index (χ1v) is 8.13. The molecule has 1 aromatic rings. The van der Waals surface area contributed by atoms with Gasteiger partial charge < -0.3 is 14.2 Å². The number of amides is 1. The Balaban J connectivity index is 1.69. The summed E-state index contributed by atoms with van der Waals surface area (Å²) in [5.74, 6) is 1.66. The van der Waals surface area contributed by atoms with Crippen molar-refractivity contribution in [3.63, 3.8) is 0 Å². The van der Waals surface area contributed by atoms with Gasteiger partial charge in [-0.15, -0.1) is 0 Å². The van der Waals surface area contributed by atoms with Crippen molar-refractivity contribution in [2.24, 2.45) is 5.92 Å². The maximum absolute atomic E-state index is 12.0. The van der Waals surface area contributed by atoms with Gasteiger partial charge in [-0.2, -0.15) is 0 Å². The number of ether oxygens (including phenoxy) is 1. The van der Waals surface area contributed by atoms with Crippen molar-refractivity contribution in [3.8, 4) is 0 Å². The quantitative estimate of drug-likeness (QED) is 0.840. The maximum Gasteiger partial charge on any atom is 0.248 e. The van der Waals surface area contributed by atoms with E-state index in [9.17, 15) is 4.79 Å². The number of imidazole rings is 1. The molecular weight excluding hydrogens is 280 g/mol. The van der Waals surface area contributed by atoms with Crippen LogP contribution in [0.5, 0.6) is 0 Å². The zero-order valence-corrected chi connectivity index (χ0v) is 13.7. The fraction of sp³-hybridized carbons (Fsp3) is 0.750. The molecule has 6 heteroatoms. The number of nitrogens with zero attached hydrogens (tertiary/aromatic N) is 4. The molecular formula is C16H26N4O2. The molecule has 2 aliphatic heterocycles. The molecule has 6 nitrogen and oxygen atoms in total. The van der Waals surface area contributed by atoms with Crippen LogP contribution in [0, 0.1) is 5.92 Å². The van der Waals surface area contributed by atoms with Gasteiger partial charge >= 0.3 is 0 Å². The minimum absolute atomic E-state index is 0.0954. The average Bonchev–Trinajstić information content (AvgIpc) is 2.90. The van der Waals surface area contributed by atoms with E-state index < -0.39 is 0 Å². The van der Waals surface area contributed by atoms with E-state index in [0.717, 1.165) is 31.9 Å². The summed E-state index contributed by atoms with van der Waals surface area (Å²) in [5, 5.41) is 0. The fourth-order valence-electron chi connectivity index (χ4n) is 3.54. The number of hydrogen-bond acceptors (Lipinski definition) is 4. The summed E-state index contributed by atoms with van der Waals surface area (Å²) in [6.45, 7) is 8.06. The molecule has 1 amide bonds. The molecule has 0 aromatic carbocycles. The van der Waals surface area contributed by atoms with Gasteiger partial charge in [-0.25, -0.2) is 4.98 Å². The smallest absolute Gasteiger partial charge is 0.248 e. The van der Waals surface area contributed by atoms with Crippen molar-refractivity contribution in [2.45, 2.75) is 38.9 Å². The lowest BCUT2D eigenvalue weighted by atomic mass is 9.91. The Labute approximate surface area is 132 Å². The highest BCUT2D eigenvalue weighted by atomic mass is 16.5. The Morgan fingerprint density at radius 1 is 1.45 bits per heavy atom. The SMILES string of the molecule is CC(C)n1ccnc1CN1CC[C@H]2COCC(=O)N(C)[C@H]2C1. The third kappa shape index (κ3) is 3.03. The second-order valence-electron chi connectivity index (χ2n) is 6.72. The number of carbonyl (C=O) groups excluding carboxylic acids is 1. The van der Waals surface area contributed by atoms with Crippen LogP contribution < -0.4 is 0 Å². The van der Waals surface area contributed by atoms with Crippen LogP contribution in [0.2, 0.25) is 0 Å². The van der Waals surface area contributed by atoms with E-state index in [1.807, 2.05) is 24.3 Å². The number of likely N-dealkylation sites (tertiary alicyclic amines) is 1. The molecule has 0 N–H and O–H groups in total. The van der Waals surface area contributed by atoms with E-state index in [1.165, 1.54) is 0 Å². The van der Waals surface area contributed by atoms with Crippen LogP contribution in [0.4, 0.5) is 0 Å². The van der Waals surface area contributed by atoms with Crippen LogP contribution in [0.25, 0.3) is 0 Å². The lowest BCUT2D eigenvalue weighted by molar-refractivity contribution is -0.134. The van der Waals surface area contributed by atoms with Crippen LogP contribution >= 0.6 is 0 Å².